The van der Waals surface area contributed by atoms with Crippen LogP contribution in [0, 0.1) is 0 Å². The minimum Gasteiger partial charge on any atom is -0.423 e. The fourth-order valence-corrected chi connectivity index (χ4v) is 2.88. The number of carbonyl (C=O) groups excluding carboxylic acids is 1. The smallest absolute Gasteiger partial charge is 0.423 e. The molecule has 0 aliphatic rings. The fraction of sp³-hybridized carbons (Fsp3) is 0.0556. The van der Waals surface area contributed by atoms with Crippen molar-refractivity contribution < 1.29 is 14.8 Å². The van der Waals surface area contributed by atoms with E-state index in [1.165, 1.54) is 4.68 Å². The Morgan fingerprint density at radius 3 is 2.76 bits per heavy atom. The number of hydrogen-bond acceptors (Lipinski definition) is 8. The summed E-state index contributed by atoms with van der Waals surface area (Å²) in [7, 11) is -1.57. The molecule has 2 heterocycles. The topological polar surface area (TPSA) is 152 Å². The number of amides is 1. The highest BCUT2D eigenvalue weighted by molar-refractivity contribution is 6.58. The fourth-order valence-electron chi connectivity index (χ4n) is 2.88. The van der Waals surface area contributed by atoms with Gasteiger partial charge in [0.25, 0.3) is 11.9 Å². The molecule has 1 amide bonds. The number of primary amides is 1. The van der Waals surface area contributed by atoms with Crippen molar-refractivity contribution in [2.24, 2.45) is 5.73 Å². The maximum Gasteiger partial charge on any atom is 0.488 e. The number of benzene rings is 2. The molecule has 0 fully saturated rings. The van der Waals surface area contributed by atoms with Gasteiger partial charge in [-0.05, 0) is 17.1 Å². The zero-order valence-electron chi connectivity index (χ0n) is 15.1. The number of rotatable bonds is 6. The lowest BCUT2D eigenvalue weighted by atomic mass is 9.80. The second kappa shape index (κ2) is 7.66. The lowest BCUT2D eigenvalue weighted by molar-refractivity contribution is 0.0995. The van der Waals surface area contributed by atoms with E-state index in [4.69, 9.17) is 5.73 Å². The van der Waals surface area contributed by atoms with E-state index in [0.29, 0.717) is 5.46 Å². The predicted octanol–water partition coefficient (Wildman–Crippen LogP) is -0.399. The van der Waals surface area contributed by atoms with Crippen LogP contribution in [-0.2, 0) is 6.54 Å². The molecule has 2 aromatic carbocycles. The SMILES string of the molecule is NC(=O)c1nnc(-n2ncc3ccccc32)nc1NCc1cccc(B(O)O)c1. The van der Waals surface area contributed by atoms with Gasteiger partial charge in [-0.2, -0.15) is 14.8 Å². The van der Waals surface area contributed by atoms with Gasteiger partial charge in [-0.25, -0.2) is 0 Å². The first-order chi connectivity index (χ1) is 14.0. The first-order valence-corrected chi connectivity index (χ1v) is 8.69. The van der Waals surface area contributed by atoms with E-state index in [2.05, 4.69) is 25.6 Å². The number of nitrogens with one attached hydrogen (secondary N) is 1. The van der Waals surface area contributed by atoms with Gasteiger partial charge in [-0.3, -0.25) is 4.79 Å². The molecule has 4 rings (SSSR count). The number of carbonyl (C=O) groups is 1. The van der Waals surface area contributed by atoms with Crippen LogP contribution in [0.4, 0.5) is 5.82 Å². The first-order valence-electron chi connectivity index (χ1n) is 8.69. The van der Waals surface area contributed by atoms with Crippen LogP contribution in [0.3, 0.4) is 0 Å². The molecular weight excluding hydrogens is 373 g/mol. The van der Waals surface area contributed by atoms with Crippen molar-refractivity contribution in [1.29, 1.82) is 0 Å². The third kappa shape index (κ3) is 3.77. The number of anilines is 1. The standard InChI is InChI=1S/C18H16BN7O3/c20-16(27)15-17(21-9-11-4-3-6-13(8-11)19(28)29)23-18(25-24-15)26-14-7-2-1-5-12(14)10-22-26/h1-8,10,28-29H,9H2,(H2,20,27)(H,21,23,25). The molecular formula is C18H16BN7O3. The van der Waals surface area contributed by atoms with Crippen LogP contribution >= 0.6 is 0 Å². The van der Waals surface area contributed by atoms with Crippen molar-refractivity contribution in [3.63, 3.8) is 0 Å². The molecule has 0 saturated carbocycles. The summed E-state index contributed by atoms with van der Waals surface area (Å²) in [5.74, 6) is -0.445. The van der Waals surface area contributed by atoms with E-state index in [0.717, 1.165) is 16.5 Å². The Kier molecular flexibility index (Phi) is 4.89. The van der Waals surface area contributed by atoms with Crippen LogP contribution in [0.1, 0.15) is 16.1 Å². The summed E-state index contributed by atoms with van der Waals surface area (Å²) in [6.07, 6.45) is 1.68. The summed E-state index contributed by atoms with van der Waals surface area (Å²) in [5.41, 5.74) is 7.17. The van der Waals surface area contributed by atoms with Crippen molar-refractivity contribution in [3.8, 4) is 5.95 Å². The van der Waals surface area contributed by atoms with Gasteiger partial charge >= 0.3 is 7.12 Å². The average Bonchev–Trinajstić information content (AvgIpc) is 3.16. The number of para-hydroxylation sites is 1. The van der Waals surface area contributed by atoms with E-state index in [1.54, 1.807) is 30.5 Å². The summed E-state index contributed by atoms with van der Waals surface area (Å²) >= 11 is 0. The summed E-state index contributed by atoms with van der Waals surface area (Å²) in [6.45, 7) is 0.249. The Labute approximate surface area is 165 Å². The molecule has 0 spiro atoms. The number of nitrogens with zero attached hydrogens (tertiary/aromatic N) is 5. The van der Waals surface area contributed by atoms with E-state index >= 15 is 0 Å². The Morgan fingerprint density at radius 2 is 1.97 bits per heavy atom. The van der Waals surface area contributed by atoms with E-state index in [1.807, 2.05) is 24.3 Å². The van der Waals surface area contributed by atoms with Gasteiger partial charge in [0.05, 0.1) is 11.7 Å². The Morgan fingerprint density at radius 1 is 1.14 bits per heavy atom. The van der Waals surface area contributed by atoms with Gasteiger partial charge in [-0.15, -0.1) is 10.2 Å². The second-order valence-corrected chi connectivity index (χ2v) is 6.26. The van der Waals surface area contributed by atoms with E-state index < -0.39 is 13.0 Å². The molecule has 0 bridgehead atoms. The number of aromatic nitrogens is 5. The van der Waals surface area contributed by atoms with Crippen molar-refractivity contribution in [1.82, 2.24) is 25.0 Å². The maximum absolute atomic E-state index is 11.7. The van der Waals surface area contributed by atoms with Crippen LogP contribution in [0.5, 0.6) is 0 Å². The third-order valence-corrected chi connectivity index (χ3v) is 4.28. The molecule has 2 aromatic heterocycles. The Hall–Kier alpha value is -3.83. The molecule has 0 atom stereocenters. The summed E-state index contributed by atoms with van der Waals surface area (Å²) < 4.78 is 1.51. The quantitative estimate of drug-likeness (QED) is 0.325. The molecule has 144 valence electrons. The van der Waals surface area contributed by atoms with E-state index in [-0.39, 0.29) is 24.0 Å². The van der Waals surface area contributed by atoms with Crippen molar-refractivity contribution in [3.05, 3.63) is 66.0 Å². The highest BCUT2D eigenvalue weighted by atomic mass is 16.4. The average molecular weight is 389 g/mol. The van der Waals surface area contributed by atoms with Crippen LogP contribution < -0.4 is 16.5 Å². The Balaban J connectivity index is 1.67. The third-order valence-electron chi connectivity index (χ3n) is 4.28. The van der Waals surface area contributed by atoms with Crippen molar-refractivity contribution >= 4 is 35.2 Å². The predicted molar refractivity (Wildman–Crippen MR) is 107 cm³/mol. The highest BCUT2D eigenvalue weighted by Gasteiger charge is 2.17. The minimum atomic E-state index is -1.57. The monoisotopic (exact) mass is 389 g/mol. The second-order valence-electron chi connectivity index (χ2n) is 6.26. The summed E-state index contributed by atoms with van der Waals surface area (Å²) in [5, 5.41) is 34.7. The van der Waals surface area contributed by atoms with Gasteiger partial charge < -0.3 is 21.1 Å². The zero-order valence-corrected chi connectivity index (χ0v) is 15.1. The van der Waals surface area contributed by atoms with Gasteiger partial charge in [0.15, 0.2) is 11.5 Å². The molecule has 0 aliphatic heterocycles. The summed E-state index contributed by atoms with van der Waals surface area (Å²) in [6, 6.07) is 14.2. The molecule has 0 aliphatic carbocycles. The molecule has 4 aromatic rings. The zero-order chi connectivity index (χ0) is 20.4. The Bertz CT molecular complexity index is 1200. The van der Waals surface area contributed by atoms with Crippen LogP contribution in [-0.4, -0.2) is 48.0 Å². The molecule has 0 saturated heterocycles. The maximum atomic E-state index is 11.7. The lowest BCUT2D eigenvalue weighted by Crippen LogP contribution is -2.30. The van der Waals surface area contributed by atoms with E-state index in [9.17, 15) is 14.8 Å². The number of nitrogens with two attached hydrogens (primary N) is 1. The molecule has 0 unspecified atom stereocenters. The molecule has 29 heavy (non-hydrogen) atoms. The molecule has 5 N–H and O–H groups in total. The molecule has 0 radical (unpaired) electrons. The van der Waals surface area contributed by atoms with Gasteiger partial charge in [0, 0.05) is 11.9 Å². The van der Waals surface area contributed by atoms with Crippen molar-refractivity contribution in [2.75, 3.05) is 5.32 Å². The lowest BCUT2D eigenvalue weighted by Gasteiger charge is -2.10. The van der Waals surface area contributed by atoms with Gasteiger partial charge in [0.2, 0.25) is 0 Å². The van der Waals surface area contributed by atoms with Gasteiger partial charge in [0.1, 0.15) is 0 Å². The minimum absolute atomic E-state index is 0.108. The highest BCUT2D eigenvalue weighted by Crippen LogP contribution is 2.17. The van der Waals surface area contributed by atoms with Crippen molar-refractivity contribution in [2.45, 2.75) is 6.54 Å². The largest absolute Gasteiger partial charge is 0.488 e. The van der Waals surface area contributed by atoms with Gasteiger partial charge in [-0.1, -0.05) is 42.5 Å². The number of hydrogen-bond donors (Lipinski definition) is 4. The normalized spacial score (nSPS) is 10.8. The molecule has 10 nitrogen and oxygen atoms in total. The number of fused-ring (bicyclic) bond motifs is 1. The van der Waals surface area contributed by atoms with Crippen LogP contribution in [0.2, 0.25) is 0 Å². The van der Waals surface area contributed by atoms with Crippen LogP contribution in [0.25, 0.3) is 16.9 Å². The molecule has 11 heteroatoms. The summed E-state index contributed by atoms with van der Waals surface area (Å²) in [4.78, 5) is 16.1. The first kappa shape index (κ1) is 18.5. The van der Waals surface area contributed by atoms with Crippen LogP contribution in [0.15, 0.2) is 54.7 Å².